The Hall–Kier alpha value is -4.10. The van der Waals surface area contributed by atoms with Crippen LogP contribution in [0.15, 0.2) is 24.7 Å². The number of hydrogen-bond donors (Lipinski definition) is 3. The van der Waals surface area contributed by atoms with Gasteiger partial charge in [0.1, 0.15) is 12.1 Å². The Morgan fingerprint density at radius 3 is 2.48 bits per heavy atom. The van der Waals surface area contributed by atoms with Crippen LogP contribution >= 0.6 is 0 Å². The zero-order valence-electron chi connectivity index (χ0n) is 23.0. The van der Waals surface area contributed by atoms with Crippen molar-refractivity contribution in [2.24, 2.45) is 0 Å². The average molecular weight is 551 g/mol. The van der Waals surface area contributed by atoms with Crippen molar-refractivity contribution in [3.63, 3.8) is 0 Å². The van der Waals surface area contributed by atoms with Gasteiger partial charge in [-0.15, -0.1) is 0 Å². The molecule has 40 heavy (non-hydrogen) atoms. The highest BCUT2D eigenvalue weighted by molar-refractivity contribution is 5.91. The predicted octanol–water partition coefficient (Wildman–Crippen LogP) is 2.75. The van der Waals surface area contributed by atoms with Gasteiger partial charge in [0.25, 0.3) is 0 Å². The fourth-order valence-electron chi connectivity index (χ4n) is 5.63. The first kappa shape index (κ1) is 26.1. The number of benzene rings is 1. The molecule has 0 amide bonds. The van der Waals surface area contributed by atoms with E-state index in [-0.39, 0.29) is 24.8 Å². The number of rotatable bonds is 9. The second-order valence-electron chi connectivity index (χ2n) is 10.2. The van der Waals surface area contributed by atoms with Crippen LogP contribution in [0.3, 0.4) is 0 Å². The molecule has 1 aromatic carbocycles. The molecule has 0 radical (unpaired) electrons. The molecule has 4 aromatic rings. The van der Waals surface area contributed by atoms with Crippen molar-refractivity contribution in [2.45, 2.75) is 50.8 Å². The number of fused-ring (bicyclic) bond motifs is 1. The van der Waals surface area contributed by atoms with Gasteiger partial charge in [0, 0.05) is 18.7 Å². The first-order valence-corrected chi connectivity index (χ1v) is 13.4. The summed E-state index contributed by atoms with van der Waals surface area (Å²) in [5.74, 6) is 3.25. The summed E-state index contributed by atoms with van der Waals surface area (Å²) < 4.78 is 20.2. The number of ether oxygens (including phenoxy) is 3. The molecule has 13 heteroatoms. The minimum atomic E-state index is -0.319. The van der Waals surface area contributed by atoms with Crippen molar-refractivity contribution in [3.05, 3.63) is 30.4 Å². The summed E-state index contributed by atoms with van der Waals surface area (Å²) in [5.41, 5.74) is 2.30. The number of aliphatic hydroxyl groups is 2. The van der Waals surface area contributed by atoms with Crippen LogP contribution in [0.2, 0.25) is 0 Å². The van der Waals surface area contributed by atoms with Crippen molar-refractivity contribution in [1.29, 1.82) is 0 Å². The Morgan fingerprint density at radius 2 is 1.82 bits per heavy atom. The largest absolute Gasteiger partial charge is 0.493 e. The van der Waals surface area contributed by atoms with E-state index in [1.165, 1.54) is 0 Å². The number of aryl methyl sites for hydroxylation is 1. The maximum atomic E-state index is 10.0. The van der Waals surface area contributed by atoms with Gasteiger partial charge >= 0.3 is 0 Å². The lowest BCUT2D eigenvalue weighted by Gasteiger charge is -2.31. The smallest absolute Gasteiger partial charge is 0.232 e. The molecule has 13 nitrogen and oxygen atoms in total. The van der Waals surface area contributed by atoms with Gasteiger partial charge in [0.15, 0.2) is 23.0 Å². The van der Waals surface area contributed by atoms with Gasteiger partial charge in [-0.1, -0.05) is 0 Å². The van der Waals surface area contributed by atoms with E-state index in [0.29, 0.717) is 47.5 Å². The van der Waals surface area contributed by atoms with Gasteiger partial charge in [-0.2, -0.15) is 15.1 Å². The number of imidazole rings is 1. The maximum absolute atomic E-state index is 10.0. The van der Waals surface area contributed by atoms with E-state index in [4.69, 9.17) is 29.3 Å². The normalized spacial score (nSPS) is 20.6. The Kier molecular flexibility index (Phi) is 6.84. The minimum Gasteiger partial charge on any atom is -0.493 e. The van der Waals surface area contributed by atoms with Crippen LogP contribution in [0.1, 0.15) is 37.4 Å². The Labute approximate surface area is 231 Å². The Balaban J connectivity index is 1.38. The lowest BCUT2D eigenvalue weighted by atomic mass is 9.90. The third kappa shape index (κ3) is 4.44. The Bertz CT molecular complexity index is 1500. The third-order valence-electron chi connectivity index (χ3n) is 7.77. The van der Waals surface area contributed by atoms with Crippen molar-refractivity contribution in [2.75, 3.05) is 44.7 Å². The second kappa shape index (κ2) is 10.5. The number of aromatic nitrogens is 6. The molecule has 212 valence electrons. The number of hydrogen-bond acceptors (Lipinski definition) is 11. The first-order valence-electron chi connectivity index (χ1n) is 13.4. The van der Waals surface area contributed by atoms with Crippen LogP contribution in [0.25, 0.3) is 16.7 Å². The number of nitrogens with one attached hydrogen (secondary N) is 1. The lowest BCUT2D eigenvalue weighted by molar-refractivity contribution is 0.0449. The monoisotopic (exact) mass is 550 g/mol. The van der Waals surface area contributed by atoms with Crippen LogP contribution in [0.5, 0.6) is 17.2 Å². The highest BCUT2D eigenvalue weighted by Gasteiger charge is 2.34. The van der Waals surface area contributed by atoms with E-state index in [9.17, 15) is 10.2 Å². The summed E-state index contributed by atoms with van der Waals surface area (Å²) in [5, 5.41) is 28.9. The molecule has 0 spiro atoms. The van der Waals surface area contributed by atoms with Crippen LogP contribution in [0, 0.1) is 6.92 Å². The quantitative estimate of drug-likeness (QED) is 0.283. The number of aliphatic hydroxyl groups excluding tert-OH is 2. The zero-order valence-corrected chi connectivity index (χ0v) is 23.0. The van der Waals surface area contributed by atoms with Gasteiger partial charge in [-0.3, -0.25) is 0 Å². The van der Waals surface area contributed by atoms with Gasteiger partial charge < -0.3 is 39.2 Å². The second-order valence-corrected chi connectivity index (χ2v) is 10.2. The molecule has 2 fully saturated rings. The van der Waals surface area contributed by atoms with E-state index in [1.54, 1.807) is 27.7 Å². The fourth-order valence-corrected chi connectivity index (χ4v) is 5.63. The Morgan fingerprint density at radius 1 is 1.07 bits per heavy atom. The lowest BCUT2D eigenvalue weighted by Crippen LogP contribution is -2.33. The summed E-state index contributed by atoms with van der Waals surface area (Å²) in [7, 11) is 4.72. The maximum Gasteiger partial charge on any atom is 0.232 e. The van der Waals surface area contributed by atoms with E-state index in [0.717, 1.165) is 42.0 Å². The highest BCUT2D eigenvalue weighted by atomic mass is 16.5. The number of methoxy groups -OCH3 is 3. The molecule has 1 saturated heterocycles. The molecule has 1 aliphatic heterocycles. The summed E-state index contributed by atoms with van der Waals surface area (Å²) in [6.07, 6.45) is 6.33. The predicted molar refractivity (Wildman–Crippen MR) is 148 cm³/mol. The molecule has 1 atom stereocenters. The van der Waals surface area contributed by atoms with Crippen LogP contribution in [0.4, 0.5) is 17.6 Å². The topological polar surface area (TPSA) is 145 Å². The molecule has 2 aliphatic rings. The van der Waals surface area contributed by atoms with Crippen molar-refractivity contribution >= 4 is 28.6 Å². The molecule has 1 unspecified atom stereocenters. The molecule has 1 saturated carbocycles. The van der Waals surface area contributed by atoms with E-state index in [1.807, 2.05) is 34.5 Å². The third-order valence-corrected chi connectivity index (χ3v) is 7.77. The van der Waals surface area contributed by atoms with Crippen LogP contribution in [-0.4, -0.2) is 86.1 Å². The van der Waals surface area contributed by atoms with Crippen molar-refractivity contribution in [3.8, 4) is 22.9 Å². The number of anilines is 3. The summed E-state index contributed by atoms with van der Waals surface area (Å²) in [4.78, 5) is 16.5. The molecule has 3 aromatic heterocycles. The highest BCUT2D eigenvalue weighted by Crippen LogP contribution is 2.40. The van der Waals surface area contributed by atoms with E-state index >= 15 is 0 Å². The molecule has 3 N–H and O–H groups in total. The molecule has 0 bridgehead atoms. The zero-order chi connectivity index (χ0) is 28.0. The molecular weight excluding hydrogens is 516 g/mol. The van der Waals surface area contributed by atoms with Gasteiger partial charge in [0.05, 0.1) is 69.1 Å². The first-order chi connectivity index (χ1) is 19.4. The van der Waals surface area contributed by atoms with E-state index < -0.39 is 0 Å². The summed E-state index contributed by atoms with van der Waals surface area (Å²) in [6, 6.07) is 3.74. The molecular formula is C27H34N8O5. The van der Waals surface area contributed by atoms with Gasteiger partial charge in [-0.25, -0.2) is 9.67 Å². The average Bonchev–Trinajstić information content (AvgIpc) is 3.69. The summed E-state index contributed by atoms with van der Waals surface area (Å²) in [6.45, 7) is 2.80. The van der Waals surface area contributed by atoms with Gasteiger partial charge in [0.2, 0.25) is 11.7 Å². The van der Waals surface area contributed by atoms with Crippen LogP contribution in [-0.2, 0) is 0 Å². The van der Waals surface area contributed by atoms with Crippen molar-refractivity contribution in [1.82, 2.24) is 29.3 Å². The van der Waals surface area contributed by atoms with E-state index in [2.05, 4.69) is 15.2 Å². The molecule has 4 heterocycles. The standard InChI is InChI=1S/C27H34N8O5/c1-15-23-25(34-7-5-6-16(34)13-36)30-27(31-26(23)35(32-15)18-8-19(37)9-18)29-22-12-33(14-28-22)17-10-20(38-2)24(40-4)21(11-17)39-3/h10-12,14,16,18-19,36-37H,5-9,13H2,1-4H3,(H,29,30,31). The molecule has 6 rings (SSSR count). The summed E-state index contributed by atoms with van der Waals surface area (Å²) >= 11 is 0. The number of nitrogens with zero attached hydrogens (tertiary/aromatic N) is 7. The molecule has 1 aliphatic carbocycles. The van der Waals surface area contributed by atoms with Crippen molar-refractivity contribution < 1.29 is 24.4 Å². The minimum absolute atomic E-state index is 0.0153. The van der Waals surface area contributed by atoms with Crippen LogP contribution < -0.4 is 24.4 Å². The van der Waals surface area contributed by atoms with Gasteiger partial charge in [-0.05, 0) is 32.6 Å². The fraction of sp³-hybridized carbons (Fsp3) is 0.481. The SMILES string of the molecule is COc1cc(-n2cnc(Nc3nc(N4CCCC4CO)c4c(C)nn(C5CC(O)C5)c4n3)c2)cc(OC)c1OC.